The van der Waals surface area contributed by atoms with E-state index in [1.165, 1.54) is 0 Å². The molecule has 0 bridgehead atoms. The lowest BCUT2D eigenvalue weighted by Crippen LogP contribution is -2.34. The molecule has 0 radical (unpaired) electrons. The SMILES string of the molecule is CCCCc1nc(Cl)c(C(=O)NCCCCNC(=O)C(S)Cc2ccccc2)n1Cc1ccc(-c2ccccc2C(=O)O)cc1. The maximum absolute atomic E-state index is 13.3. The van der Waals surface area contributed by atoms with Crippen LogP contribution in [0.5, 0.6) is 0 Å². The number of amides is 2. The van der Waals surface area contributed by atoms with E-state index in [1.54, 1.807) is 18.2 Å². The number of carbonyl (C=O) groups is 3. The molecule has 0 aliphatic rings. The molecule has 1 atom stereocenters. The highest BCUT2D eigenvalue weighted by molar-refractivity contribution is 7.81. The molecule has 2 amide bonds. The predicted molar refractivity (Wildman–Crippen MR) is 181 cm³/mol. The molecule has 1 heterocycles. The Balaban J connectivity index is 1.34. The number of hydrogen-bond donors (Lipinski definition) is 4. The van der Waals surface area contributed by atoms with E-state index >= 15 is 0 Å². The van der Waals surface area contributed by atoms with Crippen LogP contribution in [-0.2, 0) is 24.2 Å². The van der Waals surface area contributed by atoms with Crippen LogP contribution < -0.4 is 10.6 Å². The Labute approximate surface area is 274 Å². The van der Waals surface area contributed by atoms with Crippen LogP contribution >= 0.6 is 24.2 Å². The average Bonchev–Trinajstić information content (AvgIpc) is 3.36. The average molecular weight is 647 g/mol. The van der Waals surface area contributed by atoms with Gasteiger partial charge in [0, 0.05) is 26.1 Å². The molecule has 8 nitrogen and oxygen atoms in total. The number of rotatable bonds is 16. The molecule has 0 spiro atoms. The van der Waals surface area contributed by atoms with E-state index in [9.17, 15) is 19.5 Å². The van der Waals surface area contributed by atoms with Crippen LogP contribution in [0.1, 0.15) is 70.4 Å². The summed E-state index contributed by atoms with van der Waals surface area (Å²) in [6.07, 6.45) is 4.50. The minimum absolute atomic E-state index is 0.111. The molecular weight excluding hydrogens is 608 g/mol. The maximum atomic E-state index is 13.3. The fourth-order valence-corrected chi connectivity index (χ4v) is 5.66. The third kappa shape index (κ3) is 9.45. The van der Waals surface area contributed by atoms with Crippen molar-refractivity contribution in [2.24, 2.45) is 0 Å². The van der Waals surface area contributed by atoms with Crippen LogP contribution in [0.25, 0.3) is 11.1 Å². The van der Waals surface area contributed by atoms with Gasteiger partial charge in [0.2, 0.25) is 5.91 Å². The number of benzene rings is 3. The van der Waals surface area contributed by atoms with E-state index < -0.39 is 11.2 Å². The summed E-state index contributed by atoms with van der Waals surface area (Å²) >= 11 is 11.0. The Morgan fingerprint density at radius 3 is 2.24 bits per heavy atom. The van der Waals surface area contributed by atoms with Crippen molar-refractivity contribution in [1.29, 1.82) is 0 Å². The fourth-order valence-electron chi connectivity index (χ4n) is 5.07. The lowest BCUT2D eigenvalue weighted by atomic mass is 9.99. The van der Waals surface area contributed by atoms with Gasteiger partial charge in [-0.25, -0.2) is 9.78 Å². The largest absolute Gasteiger partial charge is 0.478 e. The van der Waals surface area contributed by atoms with Crippen LogP contribution in [0, 0.1) is 0 Å². The molecule has 4 rings (SSSR count). The molecule has 236 valence electrons. The molecule has 4 aromatic rings. The van der Waals surface area contributed by atoms with Gasteiger partial charge in [-0.1, -0.05) is 97.7 Å². The van der Waals surface area contributed by atoms with E-state index in [4.69, 9.17) is 11.6 Å². The lowest BCUT2D eigenvalue weighted by Gasteiger charge is -2.14. The molecule has 10 heteroatoms. The molecule has 0 aliphatic heterocycles. The van der Waals surface area contributed by atoms with E-state index in [2.05, 4.69) is 35.2 Å². The van der Waals surface area contributed by atoms with Gasteiger partial charge in [-0.2, -0.15) is 12.6 Å². The molecule has 3 aromatic carbocycles. The molecule has 45 heavy (non-hydrogen) atoms. The van der Waals surface area contributed by atoms with E-state index in [-0.39, 0.29) is 22.5 Å². The van der Waals surface area contributed by atoms with Crippen molar-refractivity contribution in [3.8, 4) is 11.1 Å². The number of unbranched alkanes of at least 4 members (excludes halogenated alkanes) is 2. The number of hydrogen-bond acceptors (Lipinski definition) is 5. The highest BCUT2D eigenvalue weighted by atomic mass is 35.5. The maximum Gasteiger partial charge on any atom is 0.336 e. The summed E-state index contributed by atoms with van der Waals surface area (Å²) in [6, 6.07) is 24.3. The highest BCUT2D eigenvalue weighted by Gasteiger charge is 2.22. The van der Waals surface area contributed by atoms with Crippen LogP contribution in [0.2, 0.25) is 5.15 Å². The Hall–Kier alpha value is -4.08. The normalized spacial score (nSPS) is 11.6. The molecule has 0 saturated heterocycles. The van der Waals surface area contributed by atoms with Gasteiger partial charge in [-0.05, 0) is 54.0 Å². The number of aromatic carboxylic acids is 1. The first-order valence-electron chi connectivity index (χ1n) is 15.2. The summed E-state index contributed by atoms with van der Waals surface area (Å²) in [4.78, 5) is 41.9. The van der Waals surface area contributed by atoms with Crippen LogP contribution in [-0.4, -0.2) is 50.8 Å². The summed E-state index contributed by atoms with van der Waals surface area (Å²) in [5.41, 5.74) is 3.98. The van der Waals surface area contributed by atoms with Crippen LogP contribution in [0.15, 0.2) is 78.9 Å². The number of carboxylic acid groups (broad SMARTS) is 1. The summed E-state index contributed by atoms with van der Waals surface area (Å²) in [6.45, 7) is 3.40. The number of nitrogens with one attached hydrogen (secondary N) is 2. The van der Waals surface area contributed by atoms with Crippen LogP contribution in [0.3, 0.4) is 0 Å². The third-order valence-corrected chi connectivity index (χ3v) is 8.18. The Bertz CT molecular complexity index is 1590. The monoisotopic (exact) mass is 646 g/mol. The van der Waals surface area contributed by atoms with Crippen molar-refractivity contribution >= 4 is 42.0 Å². The van der Waals surface area contributed by atoms with Crippen molar-refractivity contribution in [2.75, 3.05) is 13.1 Å². The van der Waals surface area contributed by atoms with Gasteiger partial charge in [0.25, 0.3) is 5.91 Å². The smallest absolute Gasteiger partial charge is 0.336 e. The number of carbonyl (C=O) groups excluding carboxylic acids is 2. The van der Waals surface area contributed by atoms with Gasteiger partial charge < -0.3 is 20.3 Å². The second kappa shape index (κ2) is 16.8. The Morgan fingerprint density at radius 2 is 1.56 bits per heavy atom. The van der Waals surface area contributed by atoms with Crippen molar-refractivity contribution in [2.45, 2.75) is 57.2 Å². The lowest BCUT2D eigenvalue weighted by molar-refractivity contribution is -0.120. The van der Waals surface area contributed by atoms with E-state index in [1.807, 2.05) is 65.2 Å². The zero-order valence-electron chi connectivity index (χ0n) is 25.3. The van der Waals surface area contributed by atoms with Crippen molar-refractivity contribution in [3.05, 3.63) is 112 Å². The quantitative estimate of drug-likeness (QED) is 0.0824. The molecule has 0 aliphatic carbocycles. The number of halogens is 1. The van der Waals surface area contributed by atoms with Gasteiger partial charge in [-0.3, -0.25) is 9.59 Å². The summed E-state index contributed by atoms with van der Waals surface area (Å²) < 4.78 is 1.87. The first-order valence-corrected chi connectivity index (χ1v) is 16.1. The number of aromatic nitrogens is 2. The Morgan fingerprint density at radius 1 is 0.889 bits per heavy atom. The molecule has 0 fully saturated rings. The van der Waals surface area contributed by atoms with Crippen molar-refractivity contribution in [3.63, 3.8) is 0 Å². The standard InChI is InChI=1S/C35H39ClN4O4S/c1-2-3-15-30-39-32(36)31(34(42)38-21-10-9-20-37-33(41)29(45)22-24-11-5-4-6-12-24)40(30)23-25-16-18-26(19-17-25)27-13-7-8-14-28(27)35(43)44/h4-8,11-14,16-19,29,45H,2-3,9-10,15,20-23H2,1H3,(H,37,41)(H,38,42)(H,43,44). The van der Waals surface area contributed by atoms with Crippen molar-refractivity contribution in [1.82, 2.24) is 20.2 Å². The fraction of sp³-hybridized carbons (Fsp3) is 0.314. The molecule has 1 unspecified atom stereocenters. The Kier molecular flexibility index (Phi) is 12.7. The van der Waals surface area contributed by atoms with Gasteiger partial charge in [-0.15, -0.1) is 0 Å². The van der Waals surface area contributed by atoms with E-state index in [0.717, 1.165) is 35.4 Å². The number of nitrogens with zero attached hydrogens (tertiary/aromatic N) is 2. The first kappa shape index (κ1) is 33.8. The number of carboxylic acids is 1. The van der Waals surface area contributed by atoms with Gasteiger partial charge in [0.05, 0.1) is 10.8 Å². The zero-order valence-corrected chi connectivity index (χ0v) is 27.0. The molecule has 3 N–H and O–H groups in total. The second-order valence-electron chi connectivity index (χ2n) is 10.9. The van der Waals surface area contributed by atoms with Crippen LogP contribution in [0.4, 0.5) is 0 Å². The first-order chi connectivity index (χ1) is 21.8. The minimum atomic E-state index is -0.978. The van der Waals surface area contributed by atoms with Gasteiger partial charge in [0.1, 0.15) is 11.5 Å². The number of aryl methyl sites for hydroxylation is 1. The second-order valence-corrected chi connectivity index (χ2v) is 11.8. The topological polar surface area (TPSA) is 113 Å². The minimum Gasteiger partial charge on any atom is -0.478 e. The van der Waals surface area contributed by atoms with E-state index in [0.29, 0.717) is 56.6 Å². The van der Waals surface area contributed by atoms with Gasteiger partial charge in [0.15, 0.2) is 5.15 Å². The predicted octanol–water partition coefficient (Wildman–Crippen LogP) is 6.46. The third-order valence-electron chi connectivity index (χ3n) is 7.50. The molecule has 1 aromatic heterocycles. The number of imidazole rings is 1. The van der Waals surface area contributed by atoms with Gasteiger partial charge >= 0.3 is 5.97 Å². The molecular formula is C35H39ClN4O4S. The van der Waals surface area contributed by atoms with Crippen molar-refractivity contribution < 1.29 is 19.5 Å². The molecule has 0 saturated carbocycles. The highest BCUT2D eigenvalue weighted by Crippen LogP contribution is 2.26. The summed E-state index contributed by atoms with van der Waals surface area (Å²) in [5, 5.41) is 15.2. The summed E-state index contributed by atoms with van der Waals surface area (Å²) in [7, 11) is 0. The summed E-state index contributed by atoms with van der Waals surface area (Å²) in [5.74, 6) is -0.647. The number of thiol groups is 1. The zero-order chi connectivity index (χ0) is 32.2.